The molecule has 0 radical (unpaired) electrons. The molecule has 158 valence electrons. The zero-order valence-corrected chi connectivity index (χ0v) is 18.6. The third-order valence-corrected chi connectivity index (χ3v) is 6.77. The van der Waals surface area contributed by atoms with Gasteiger partial charge in [-0.3, -0.25) is 4.79 Å². The highest BCUT2D eigenvalue weighted by Gasteiger charge is 2.29. The summed E-state index contributed by atoms with van der Waals surface area (Å²) in [6, 6.07) is 10.7. The first-order chi connectivity index (χ1) is 14.6. The number of nitrogens with zero attached hydrogens (tertiary/aromatic N) is 3. The van der Waals surface area contributed by atoms with Crippen molar-refractivity contribution in [3.63, 3.8) is 0 Å². The molecule has 1 N–H and O–H groups in total. The summed E-state index contributed by atoms with van der Waals surface area (Å²) in [5.41, 5.74) is 2.13. The highest BCUT2D eigenvalue weighted by molar-refractivity contribution is 7.21. The largest absolute Gasteiger partial charge is 0.383 e. The maximum Gasteiger partial charge on any atom is 0.261 e. The minimum absolute atomic E-state index is 0.0125. The average Bonchev–Trinajstić information content (AvgIpc) is 3.33. The molecule has 30 heavy (non-hydrogen) atoms. The van der Waals surface area contributed by atoms with Gasteiger partial charge in [-0.15, -0.1) is 11.3 Å². The number of nitrogens with one attached hydrogen (secondary N) is 1. The summed E-state index contributed by atoms with van der Waals surface area (Å²) in [7, 11) is 1.64. The van der Waals surface area contributed by atoms with Crippen LogP contribution >= 0.6 is 11.3 Å². The third kappa shape index (κ3) is 4.32. The molecule has 0 unspecified atom stereocenters. The Morgan fingerprint density at radius 3 is 2.93 bits per heavy atom. The quantitative estimate of drug-likeness (QED) is 0.583. The maximum atomic E-state index is 12.9. The molecule has 2 aromatic heterocycles. The van der Waals surface area contributed by atoms with Gasteiger partial charge in [0.15, 0.2) is 0 Å². The number of anilines is 1. The van der Waals surface area contributed by atoms with E-state index in [2.05, 4.69) is 44.5 Å². The molecule has 1 fully saturated rings. The van der Waals surface area contributed by atoms with E-state index >= 15 is 0 Å². The lowest BCUT2D eigenvalue weighted by Crippen LogP contribution is -2.33. The van der Waals surface area contributed by atoms with Gasteiger partial charge in [0.25, 0.3) is 5.91 Å². The van der Waals surface area contributed by atoms with Crippen molar-refractivity contribution in [3.8, 4) is 0 Å². The second-order valence-electron chi connectivity index (χ2n) is 7.76. The summed E-state index contributed by atoms with van der Waals surface area (Å²) in [5, 5.41) is 4.18. The molecule has 6 nitrogen and oxygen atoms in total. The fourth-order valence-corrected chi connectivity index (χ4v) is 5.41. The van der Waals surface area contributed by atoms with E-state index in [4.69, 9.17) is 4.74 Å². The summed E-state index contributed by atoms with van der Waals surface area (Å²) < 4.78 is 6.23. The van der Waals surface area contributed by atoms with E-state index in [-0.39, 0.29) is 5.91 Å². The predicted molar refractivity (Wildman–Crippen MR) is 122 cm³/mol. The summed E-state index contributed by atoms with van der Waals surface area (Å²) in [6.07, 6.45) is 3.06. The standard InChI is InChI=1S/C23H28N4O2S/c1-15-13-21(26-16(2)25-15)27-11-6-7-17(27)14-19-18-8-4-5-9-20(18)30-22(19)23(28)24-10-12-29-3/h4-5,8-9,13,17H,6-7,10-12,14H2,1-3H3,(H,24,28)/t17-/m0/s1. The molecule has 1 aliphatic rings. The first kappa shape index (κ1) is 20.8. The SMILES string of the molecule is COCCNC(=O)c1sc2ccccc2c1C[C@@H]1CCCN1c1cc(C)nc(C)n1. The molecule has 0 saturated carbocycles. The van der Waals surface area contributed by atoms with Crippen molar-refractivity contribution in [1.82, 2.24) is 15.3 Å². The summed E-state index contributed by atoms with van der Waals surface area (Å²) in [4.78, 5) is 25.2. The van der Waals surface area contributed by atoms with Crippen LogP contribution < -0.4 is 10.2 Å². The van der Waals surface area contributed by atoms with Gasteiger partial charge in [0, 0.05) is 42.7 Å². The van der Waals surface area contributed by atoms with Crippen molar-refractivity contribution in [3.05, 3.63) is 52.3 Å². The molecule has 1 atom stereocenters. The van der Waals surface area contributed by atoms with Crippen LogP contribution in [0.1, 0.15) is 39.6 Å². The second kappa shape index (κ2) is 9.10. The van der Waals surface area contributed by atoms with Crippen LogP contribution in [0.5, 0.6) is 0 Å². The van der Waals surface area contributed by atoms with E-state index in [0.29, 0.717) is 19.2 Å². The number of hydrogen-bond acceptors (Lipinski definition) is 6. The smallest absolute Gasteiger partial charge is 0.261 e. The van der Waals surface area contributed by atoms with Crippen molar-refractivity contribution in [2.24, 2.45) is 0 Å². The molecule has 3 heterocycles. The molecule has 4 rings (SSSR count). The number of carbonyl (C=O) groups is 1. The molecule has 7 heteroatoms. The number of fused-ring (bicyclic) bond motifs is 1. The number of hydrogen-bond donors (Lipinski definition) is 1. The normalized spacial score (nSPS) is 16.4. The van der Waals surface area contributed by atoms with Gasteiger partial charge < -0.3 is 15.0 Å². The van der Waals surface area contributed by atoms with Crippen LogP contribution in [0.4, 0.5) is 5.82 Å². The molecular weight excluding hydrogens is 396 g/mol. The van der Waals surface area contributed by atoms with E-state index in [1.165, 1.54) is 5.39 Å². The third-order valence-electron chi connectivity index (χ3n) is 5.56. The van der Waals surface area contributed by atoms with Gasteiger partial charge in [0.05, 0.1) is 11.5 Å². The van der Waals surface area contributed by atoms with Crippen LogP contribution in [0.3, 0.4) is 0 Å². The molecule has 1 saturated heterocycles. The number of carbonyl (C=O) groups excluding carboxylic acids is 1. The lowest BCUT2D eigenvalue weighted by atomic mass is 10.00. The van der Waals surface area contributed by atoms with Gasteiger partial charge in [0.2, 0.25) is 0 Å². The Morgan fingerprint density at radius 2 is 2.13 bits per heavy atom. The topological polar surface area (TPSA) is 67.3 Å². The van der Waals surface area contributed by atoms with E-state index < -0.39 is 0 Å². The monoisotopic (exact) mass is 424 g/mol. The van der Waals surface area contributed by atoms with Gasteiger partial charge in [-0.05, 0) is 50.1 Å². The maximum absolute atomic E-state index is 12.9. The van der Waals surface area contributed by atoms with Crippen molar-refractivity contribution >= 4 is 33.1 Å². The molecule has 1 amide bonds. The minimum atomic E-state index is -0.0125. The molecule has 0 spiro atoms. The van der Waals surface area contributed by atoms with Gasteiger partial charge >= 0.3 is 0 Å². The van der Waals surface area contributed by atoms with Crippen LogP contribution in [0.2, 0.25) is 0 Å². The highest BCUT2D eigenvalue weighted by atomic mass is 32.1. The van der Waals surface area contributed by atoms with Gasteiger partial charge in [-0.1, -0.05) is 18.2 Å². The number of thiophene rings is 1. The number of amides is 1. The number of benzene rings is 1. The molecule has 0 aliphatic carbocycles. The number of aryl methyl sites for hydroxylation is 2. The molecule has 1 aromatic carbocycles. The lowest BCUT2D eigenvalue weighted by molar-refractivity contribution is 0.0940. The summed E-state index contributed by atoms with van der Waals surface area (Å²) in [5.74, 6) is 1.78. The van der Waals surface area contributed by atoms with Crippen molar-refractivity contribution < 1.29 is 9.53 Å². The van der Waals surface area contributed by atoms with Crippen LogP contribution in [-0.2, 0) is 11.2 Å². The zero-order chi connectivity index (χ0) is 21.1. The highest BCUT2D eigenvalue weighted by Crippen LogP contribution is 2.35. The first-order valence-corrected chi connectivity index (χ1v) is 11.2. The fraction of sp³-hybridized carbons (Fsp3) is 0.435. The Balaban J connectivity index is 1.65. The van der Waals surface area contributed by atoms with Crippen LogP contribution in [0.25, 0.3) is 10.1 Å². The molecule has 3 aromatic rings. The van der Waals surface area contributed by atoms with Gasteiger partial charge in [-0.2, -0.15) is 0 Å². The lowest BCUT2D eigenvalue weighted by Gasteiger charge is -2.26. The van der Waals surface area contributed by atoms with Crippen LogP contribution in [0, 0.1) is 13.8 Å². The fourth-order valence-electron chi connectivity index (χ4n) is 4.26. The van der Waals surface area contributed by atoms with Crippen molar-refractivity contribution in [2.45, 2.75) is 39.2 Å². The Kier molecular flexibility index (Phi) is 6.29. The van der Waals surface area contributed by atoms with E-state index in [0.717, 1.165) is 58.3 Å². The average molecular weight is 425 g/mol. The predicted octanol–water partition coefficient (Wildman–Crippen LogP) is 3.90. The number of ether oxygens (including phenoxy) is 1. The summed E-state index contributed by atoms with van der Waals surface area (Å²) in [6.45, 7) is 5.96. The number of methoxy groups -OCH3 is 1. The minimum Gasteiger partial charge on any atom is -0.383 e. The van der Waals surface area contributed by atoms with E-state index in [1.807, 2.05) is 19.9 Å². The van der Waals surface area contributed by atoms with Crippen LogP contribution in [-0.4, -0.2) is 48.7 Å². The molecular formula is C23H28N4O2S. The summed E-state index contributed by atoms with van der Waals surface area (Å²) >= 11 is 1.58. The van der Waals surface area contributed by atoms with Gasteiger partial charge in [-0.25, -0.2) is 9.97 Å². The Hall–Kier alpha value is -2.51. The Bertz CT molecular complexity index is 1030. The first-order valence-electron chi connectivity index (χ1n) is 10.4. The zero-order valence-electron chi connectivity index (χ0n) is 17.8. The van der Waals surface area contributed by atoms with Crippen LogP contribution in [0.15, 0.2) is 30.3 Å². The van der Waals surface area contributed by atoms with E-state index in [9.17, 15) is 4.79 Å². The second-order valence-corrected chi connectivity index (χ2v) is 8.82. The number of rotatable bonds is 7. The van der Waals surface area contributed by atoms with Crippen molar-refractivity contribution in [2.75, 3.05) is 31.7 Å². The molecule has 1 aliphatic heterocycles. The Labute approximate surface area is 181 Å². The Morgan fingerprint density at radius 1 is 1.30 bits per heavy atom. The number of aromatic nitrogens is 2. The van der Waals surface area contributed by atoms with Gasteiger partial charge in [0.1, 0.15) is 11.6 Å². The van der Waals surface area contributed by atoms with E-state index in [1.54, 1.807) is 18.4 Å². The van der Waals surface area contributed by atoms with Crippen molar-refractivity contribution in [1.29, 1.82) is 0 Å². The molecule has 0 bridgehead atoms.